The minimum Gasteiger partial charge on any atom is -0.375 e. The molecule has 0 spiro atoms. The normalized spacial score (nSPS) is 10.6. The molecule has 2 aromatic rings. The average molecular weight is 255 g/mol. The maximum atomic E-state index is 6.00. The lowest BCUT2D eigenvalue weighted by atomic mass is 10.2. The van der Waals surface area contributed by atoms with Gasteiger partial charge in [-0.2, -0.15) is 0 Å². The van der Waals surface area contributed by atoms with Crippen LogP contribution in [0.15, 0.2) is 30.5 Å². The summed E-state index contributed by atoms with van der Waals surface area (Å²) in [5, 5.41) is 1.29. The van der Waals surface area contributed by atoms with Crippen LogP contribution in [0.5, 0.6) is 0 Å². The zero-order valence-electron chi connectivity index (χ0n) is 8.52. The average Bonchev–Trinajstić information content (AvgIpc) is 2.67. The highest BCUT2D eigenvalue weighted by molar-refractivity contribution is 7.15. The van der Waals surface area contributed by atoms with E-state index >= 15 is 0 Å². The van der Waals surface area contributed by atoms with Crippen molar-refractivity contribution in [3.63, 3.8) is 0 Å². The summed E-state index contributed by atoms with van der Waals surface area (Å²) in [7, 11) is 0. The second kappa shape index (κ2) is 5.30. The fourth-order valence-electron chi connectivity index (χ4n) is 1.27. The third-order valence-corrected chi connectivity index (χ3v) is 3.20. The summed E-state index contributed by atoms with van der Waals surface area (Å²) in [6.45, 7) is 1.01. The lowest BCUT2D eigenvalue weighted by Gasteiger charge is -2.04. The summed E-state index contributed by atoms with van der Waals surface area (Å²) in [4.78, 5) is 4.97. The molecule has 0 aliphatic heterocycles. The van der Waals surface area contributed by atoms with Crippen LogP contribution in [-0.4, -0.2) is 4.98 Å². The number of nitrogen functional groups attached to an aromatic ring is 1. The Labute approximate surface area is 103 Å². The molecule has 0 atom stereocenters. The van der Waals surface area contributed by atoms with Crippen LogP contribution in [0.2, 0.25) is 5.02 Å². The number of thiazole rings is 1. The maximum Gasteiger partial charge on any atom is 0.180 e. The molecule has 84 valence electrons. The summed E-state index contributed by atoms with van der Waals surface area (Å²) in [6.07, 6.45) is 1.73. The predicted molar refractivity (Wildman–Crippen MR) is 66.5 cm³/mol. The molecule has 0 saturated heterocycles. The van der Waals surface area contributed by atoms with Crippen molar-refractivity contribution in [3.8, 4) is 0 Å². The molecular formula is C11H11ClN2OS. The minimum absolute atomic E-state index is 0.497. The van der Waals surface area contributed by atoms with Gasteiger partial charge in [0, 0.05) is 11.2 Å². The molecule has 1 heterocycles. The second-order valence-corrected chi connectivity index (χ2v) is 4.80. The standard InChI is InChI=1S/C11H11ClN2OS/c12-10-4-2-1-3-8(10)6-15-7-9-5-14-11(13)16-9/h1-5H,6-7H2,(H2,13,14). The van der Waals surface area contributed by atoms with Crippen molar-refractivity contribution in [3.05, 3.63) is 45.9 Å². The highest BCUT2D eigenvalue weighted by Crippen LogP contribution is 2.18. The Balaban J connectivity index is 1.87. The van der Waals surface area contributed by atoms with E-state index in [1.54, 1.807) is 6.20 Å². The third kappa shape index (κ3) is 2.95. The lowest BCUT2D eigenvalue weighted by molar-refractivity contribution is 0.109. The molecule has 0 bridgehead atoms. The quantitative estimate of drug-likeness (QED) is 0.912. The second-order valence-electron chi connectivity index (χ2n) is 3.25. The first-order valence-electron chi connectivity index (χ1n) is 4.77. The Morgan fingerprint density at radius 1 is 1.31 bits per heavy atom. The first kappa shape index (κ1) is 11.4. The zero-order valence-corrected chi connectivity index (χ0v) is 10.1. The largest absolute Gasteiger partial charge is 0.375 e. The van der Waals surface area contributed by atoms with Crippen LogP contribution in [-0.2, 0) is 18.0 Å². The van der Waals surface area contributed by atoms with E-state index in [-0.39, 0.29) is 0 Å². The van der Waals surface area contributed by atoms with Gasteiger partial charge >= 0.3 is 0 Å². The molecule has 0 fully saturated rings. The molecule has 0 aliphatic rings. The molecule has 2 N–H and O–H groups in total. The lowest BCUT2D eigenvalue weighted by Crippen LogP contribution is -1.93. The van der Waals surface area contributed by atoms with Crippen LogP contribution in [0.3, 0.4) is 0 Å². The Morgan fingerprint density at radius 2 is 2.12 bits per heavy atom. The number of nitrogens with two attached hydrogens (primary N) is 1. The Morgan fingerprint density at radius 3 is 2.81 bits per heavy atom. The number of halogens is 1. The number of rotatable bonds is 4. The number of ether oxygens (including phenoxy) is 1. The van der Waals surface area contributed by atoms with Crippen LogP contribution in [0, 0.1) is 0 Å². The van der Waals surface area contributed by atoms with E-state index in [0.717, 1.165) is 15.5 Å². The minimum atomic E-state index is 0.497. The first-order chi connectivity index (χ1) is 7.75. The van der Waals surface area contributed by atoms with Crippen molar-refractivity contribution in [1.29, 1.82) is 0 Å². The van der Waals surface area contributed by atoms with Crippen LogP contribution in [0.1, 0.15) is 10.4 Å². The molecule has 16 heavy (non-hydrogen) atoms. The van der Waals surface area contributed by atoms with E-state index in [1.165, 1.54) is 11.3 Å². The number of hydrogen-bond donors (Lipinski definition) is 1. The number of hydrogen-bond acceptors (Lipinski definition) is 4. The molecule has 0 amide bonds. The van der Waals surface area contributed by atoms with Crippen LogP contribution < -0.4 is 5.73 Å². The van der Waals surface area contributed by atoms with Gasteiger partial charge in [-0.15, -0.1) is 0 Å². The molecule has 0 saturated carbocycles. The summed E-state index contributed by atoms with van der Waals surface area (Å²) >= 11 is 7.44. The Kier molecular flexibility index (Phi) is 3.77. The van der Waals surface area contributed by atoms with Gasteiger partial charge in [0.2, 0.25) is 0 Å². The summed E-state index contributed by atoms with van der Waals surface area (Å²) < 4.78 is 5.53. The van der Waals surface area contributed by atoms with E-state index in [2.05, 4.69) is 4.98 Å². The van der Waals surface area contributed by atoms with E-state index in [0.29, 0.717) is 18.3 Å². The molecule has 0 unspecified atom stereocenters. The summed E-state index contributed by atoms with van der Waals surface area (Å²) in [5.74, 6) is 0. The molecular weight excluding hydrogens is 244 g/mol. The van der Waals surface area contributed by atoms with Crippen LogP contribution in [0.25, 0.3) is 0 Å². The van der Waals surface area contributed by atoms with Crippen LogP contribution >= 0.6 is 22.9 Å². The van der Waals surface area contributed by atoms with Crippen molar-refractivity contribution in [2.75, 3.05) is 5.73 Å². The van der Waals surface area contributed by atoms with Gasteiger partial charge in [-0.25, -0.2) is 4.98 Å². The van der Waals surface area contributed by atoms with E-state index < -0.39 is 0 Å². The number of nitrogens with zero attached hydrogens (tertiary/aromatic N) is 1. The zero-order chi connectivity index (χ0) is 11.4. The number of aromatic nitrogens is 1. The van der Waals surface area contributed by atoms with Crippen molar-refractivity contribution in [2.24, 2.45) is 0 Å². The smallest absolute Gasteiger partial charge is 0.180 e. The van der Waals surface area contributed by atoms with Gasteiger partial charge < -0.3 is 10.5 Å². The molecule has 3 nitrogen and oxygen atoms in total. The first-order valence-corrected chi connectivity index (χ1v) is 5.96. The van der Waals surface area contributed by atoms with Crippen molar-refractivity contribution in [2.45, 2.75) is 13.2 Å². The fraction of sp³-hybridized carbons (Fsp3) is 0.182. The summed E-state index contributed by atoms with van der Waals surface area (Å²) in [6, 6.07) is 7.64. The third-order valence-electron chi connectivity index (χ3n) is 2.03. The van der Waals surface area contributed by atoms with E-state index in [1.807, 2.05) is 24.3 Å². The van der Waals surface area contributed by atoms with Crippen LogP contribution in [0.4, 0.5) is 5.13 Å². The van der Waals surface area contributed by atoms with Gasteiger partial charge in [0.05, 0.1) is 18.1 Å². The molecule has 0 aliphatic carbocycles. The van der Waals surface area contributed by atoms with E-state index in [4.69, 9.17) is 22.1 Å². The molecule has 0 radical (unpaired) electrons. The highest BCUT2D eigenvalue weighted by atomic mass is 35.5. The Hall–Kier alpha value is -1.10. The Bertz CT molecular complexity index is 473. The molecule has 2 rings (SSSR count). The van der Waals surface area contributed by atoms with E-state index in [9.17, 15) is 0 Å². The summed E-state index contributed by atoms with van der Waals surface area (Å²) in [5.41, 5.74) is 6.50. The SMILES string of the molecule is Nc1ncc(COCc2ccccc2Cl)s1. The highest BCUT2D eigenvalue weighted by Gasteiger charge is 2.01. The van der Waals surface area contributed by atoms with Gasteiger partial charge in [-0.1, -0.05) is 41.1 Å². The number of benzene rings is 1. The van der Waals surface area contributed by atoms with Gasteiger partial charge in [0.15, 0.2) is 5.13 Å². The molecule has 1 aromatic heterocycles. The van der Waals surface area contributed by atoms with Gasteiger partial charge in [-0.05, 0) is 11.6 Å². The van der Waals surface area contributed by atoms with Gasteiger partial charge in [0.25, 0.3) is 0 Å². The molecule has 5 heteroatoms. The predicted octanol–water partition coefficient (Wildman–Crippen LogP) is 3.10. The molecule has 1 aromatic carbocycles. The van der Waals surface area contributed by atoms with Crippen molar-refractivity contribution < 1.29 is 4.74 Å². The monoisotopic (exact) mass is 254 g/mol. The van der Waals surface area contributed by atoms with Crippen molar-refractivity contribution in [1.82, 2.24) is 4.98 Å². The fourth-order valence-corrected chi connectivity index (χ4v) is 2.08. The van der Waals surface area contributed by atoms with Gasteiger partial charge in [0.1, 0.15) is 0 Å². The maximum absolute atomic E-state index is 6.00. The van der Waals surface area contributed by atoms with Crippen molar-refractivity contribution >= 4 is 28.1 Å². The van der Waals surface area contributed by atoms with Gasteiger partial charge in [-0.3, -0.25) is 0 Å². The topological polar surface area (TPSA) is 48.1 Å². The number of anilines is 1.